The van der Waals surface area contributed by atoms with E-state index < -0.39 is 0 Å². The van der Waals surface area contributed by atoms with E-state index in [1.807, 2.05) is 0 Å². The van der Waals surface area contributed by atoms with Gasteiger partial charge >= 0.3 is 11.8 Å². The second-order valence-corrected chi connectivity index (χ2v) is 3.86. The van der Waals surface area contributed by atoms with Gasteiger partial charge in [0, 0.05) is 6.54 Å². The van der Waals surface area contributed by atoms with Gasteiger partial charge in [0.25, 0.3) is 0 Å². The van der Waals surface area contributed by atoms with Crippen LogP contribution in [0.2, 0.25) is 0 Å². The minimum Gasteiger partial charge on any atom is -0.420 e. The maximum atomic E-state index is 11.4. The Morgan fingerprint density at radius 2 is 2.44 bits per heavy atom. The SMILES string of the molecule is O=C(NCCC1=CCCCC1)c1nnco1. The molecule has 1 aromatic rings. The Morgan fingerprint density at radius 3 is 3.12 bits per heavy atom. The summed E-state index contributed by atoms with van der Waals surface area (Å²) >= 11 is 0. The Labute approximate surface area is 93.9 Å². The van der Waals surface area contributed by atoms with Gasteiger partial charge in [0.2, 0.25) is 6.39 Å². The highest BCUT2D eigenvalue weighted by Crippen LogP contribution is 2.19. The van der Waals surface area contributed by atoms with Crippen molar-refractivity contribution in [3.05, 3.63) is 23.9 Å². The van der Waals surface area contributed by atoms with E-state index in [-0.39, 0.29) is 11.8 Å². The number of hydrogen-bond donors (Lipinski definition) is 1. The number of amides is 1. The van der Waals surface area contributed by atoms with Gasteiger partial charge in [-0.05, 0) is 32.1 Å². The van der Waals surface area contributed by atoms with Crippen molar-refractivity contribution in [2.45, 2.75) is 32.1 Å². The molecule has 0 fully saturated rings. The molecule has 1 N–H and O–H groups in total. The Bertz CT molecular complexity index is 371. The highest BCUT2D eigenvalue weighted by atomic mass is 16.4. The van der Waals surface area contributed by atoms with E-state index in [9.17, 15) is 4.79 Å². The molecule has 1 aromatic heterocycles. The highest BCUT2D eigenvalue weighted by Gasteiger charge is 2.10. The molecule has 1 aliphatic rings. The molecule has 2 rings (SSSR count). The lowest BCUT2D eigenvalue weighted by Gasteiger charge is -2.12. The summed E-state index contributed by atoms with van der Waals surface area (Å²) in [6.45, 7) is 0.632. The van der Waals surface area contributed by atoms with Crippen molar-refractivity contribution in [3.8, 4) is 0 Å². The molecule has 0 aliphatic heterocycles. The predicted octanol–water partition coefficient (Wildman–Crippen LogP) is 1.69. The van der Waals surface area contributed by atoms with Crippen molar-refractivity contribution >= 4 is 5.91 Å². The maximum absolute atomic E-state index is 11.4. The van der Waals surface area contributed by atoms with Crippen molar-refractivity contribution in [2.24, 2.45) is 0 Å². The van der Waals surface area contributed by atoms with Crippen LogP contribution in [0.25, 0.3) is 0 Å². The standard InChI is InChI=1S/C11H15N3O2/c15-10(11-14-13-8-16-11)12-7-6-9-4-2-1-3-5-9/h4,8H,1-3,5-7H2,(H,12,15). The minimum absolute atomic E-state index is 0.0256. The smallest absolute Gasteiger partial charge is 0.308 e. The lowest BCUT2D eigenvalue weighted by Crippen LogP contribution is -2.25. The zero-order valence-corrected chi connectivity index (χ0v) is 9.11. The molecule has 5 heteroatoms. The first-order valence-electron chi connectivity index (χ1n) is 5.58. The number of nitrogens with zero attached hydrogens (tertiary/aromatic N) is 2. The summed E-state index contributed by atoms with van der Waals surface area (Å²) in [4.78, 5) is 11.4. The summed E-state index contributed by atoms with van der Waals surface area (Å²) < 4.78 is 4.79. The van der Waals surface area contributed by atoms with Crippen LogP contribution in [0, 0.1) is 0 Å². The lowest BCUT2D eigenvalue weighted by molar-refractivity contribution is 0.0919. The largest absolute Gasteiger partial charge is 0.420 e. The van der Waals surface area contributed by atoms with E-state index in [1.54, 1.807) is 0 Å². The first-order chi connectivity index (χ1) is 7.86. The molecule has 1 aliphatic carbocycles. The molecule has 86 valence electrons. The molecule has 0 saturated carbocycles. The van der Waals surface area contributed by atoms with Crippen LogP contribution in [0.5, 0.6) is 0 Å². The third kappa shape index (κ3) is 2.92. The van der Waals surface area contributed by atoms with Crippen LogP contribution in [-0.4, -0.2) is 22.6 Å². The van der Waals surface area contributed by atoms with E-state index in [1.165, 1.54) is 24.8 Å². The first-order valence-corrected chi connectivity index (χ1v) is 5.58. The van der Waals surface area contributed by atoms with E-state index in [0.717, 1.165) is 19.2 Å². The molecule has 0 saturated heterocycles. The van der Waals surface area contributed by atoms with Gasteiger partial charge in [0.05, 0.1) is 0 Å². The fraction of sp³-hybridized carbons (Fsp3) is 0.545. The number of carbonyl (C=O) groups excluding carboxylic acids is 1. The summed E-state index contributed by atoms with van der Waals surface area (Å²) in [7, 11) is 0. The minimum atomic E-state index is -0.297. The number of carbonyl (C=O) groups is 1. The zero-order valence-electron chi connectivity index (χ0n) is 9.11. The predicted molar refractivity (Wildman–Crippen MR) is 57.8 cm³/mol. The molecule has 0 radical (unpaired) electrons. The number of rotatable bonds is 4. The second-order valence-electron chi connectivity index (χ2n) is 3.86. The van der Waals surface area contributed by atoms with Crippen LogP contribution in [0.15, 0.2) is 22.5 Å². The molecule has 0 unspecified atom stereocenters. The third-order valence-electron chi connectivity index (χ3n) is 2.67. The van der Waals surface area contributed by atoms with Crippen molar-refractivity contribution in [2.75, 3.05) is 6.54 Å². The monoisotopic (exact) mass is 221 g/mol. The van der Waals surface area contributed by atoms with Crippen LogP contribution < -0.4 is 5.32 Å². The summed E-state index contributed by atoms with van der Waals surface area (Å²) in [6.07, 6.45) is 9.24. The first kappa shape index (κ1) is 10.9. The van der Waals surface area contributed by atoms with Crippen molar-refractivity contribution in [3.63, 3.8) is 0 Å². The number of nitrogens with one attached hydrogen (secondary N) is 1. The van der Waals surface area contributed by atoms with E-state index in [2.05, 4.69) is 21.6 Å². The van der Waals surface area contributed by atoms with Gasteiger partial charge in [0.1, 0.15) is 0 Å². The summed E-state index contributed by atoms with van der Waals surface area (Å²) in [5, 5.41) is 9.75. The normalized spacial score (nSPS) is 15.6. The van der Waals surface area contributed by atoms with Crippen LogP contribution >= 0.6 is 0 Å². The number of allylic oxidation sites excluding steroid dienone is 1. The van der Waals surface area contributed by atoms with Gasteiger partial charge in [-0.3, -0.25) is 4.79 Å². The quantitative estimate of drug-likeness (QED) is 0.785. The lowest BCUT2D eigenvalue weighted by atomic mass is 9.97. The summed E-state index contributed by atoms with van der Waals surface area (Å²) in [5.41, 5.74) is 1.44. The average molecular weight is 221 g/mol. The van der Waals surface area contributed by atoms with Crippen LogP contribution in [0.1, 0.15) is 42.8 Å². The molecule has 0 spiro atoms. The molecule has 1 amide bonds. The van der Waals surface area contributed by atoms with Gasteiger partial charge in [-0.1, -0.05) is 11.6 Å². The molecular formula is C11H15N3O2. The average Bonchev–Trinajstić information content (AvgIpc) is 2.84. The van der Waals surface area contributed by atoms with Crippen LogP contribution in [0.3, 0.4) is 0 Å². The fourth-order valence-corrected chi connectivity index (χ4v) is 1.82. The molecule has 1 heterocycles. The Kier molecular flexibility index (Phi) is 3.69. The summed E-state index contributed by atoms with van der Waals surface area (Å²) in [5.74, 6) is -0.272. The maximum Gasteiger partial charge on any atom is 0.308 e. The van der Waals surface area contributed by atoms with Crippen molar-refractivity contribution < 1.29 is 9.21 Å². The molecule has 5 nitrogen and oxygen atoms in total. The molecule has 0 aromatic carbocycles. The van der Waals surface area contributed by atoms with Crippen molar-refractivity contribution in [1.82, 2.24) is 15.5 Å². The van der Waals surface area contributed by atoms with Gasteiger partial charge in [0.15, 0.2) is 0 Å². The molecule has 16 heavy (non-hydrogen) atoms. The molecule has 0 atom stereocenters. The Hall–Kier alpha value is -1.65. The van der Waals surface area contributed by atoms with Gasteiger partial charge in [-0.15, -0.1) is 10.2 Å². The van der Waals surface area contributed by atoms with Crippen molar-refractivity contribution in [1.29, 1.82) is 0 Å². The Balaban J connectivity index is 1.72. The highest BCUT2D eigenvalue weighted by molar-refractivity contribution is 5.89. The van der Waals surface area contributed by atoms with Gasteiger partial charge in [-0.2, -0.15) is 0 Å². The molecule has 0 bridgehead atoms. The Morgan fingerprint density at radius 1 is 1.50 bits per heavy atom. The third-order valence-corrected chi connectivity index (χ3v) is 2.67. The van der Waals surface area contributed by atoms with E-state index in [4.69, 9.17) is 4.42 Å². The number of hydrogen-bond acceptors (Lipinski definition) is 4. The van der Waals surface area contributed by atoms with E-state index >= 15 is 0 Å². The fourth-order valence-electron chi connectivity index (χ4n) is 1.82. The topological polar surface area (TPSA) is 68.0 Å². The van der Waals surface area contributed by atoms with Gasteiger partial charge < -0.3 is 9.73 Å². The number of aromatic nitrogens is 2. The molecular weight excluding hydrogens is 206 g/mol. The van der Waals surface area contributed by atoms with Gasteiger partial charge in [-0.25, -0.2) is 0 Å². The zero-order chi connectivity index (χ0) is 11.2. The second kappa shape index (κ2) is 5.44. The van der Waals surface area contributed by atoms with E-state index in [0.29, 0.717) is 6.54 Å². The summed E-state index contributed by atoms with van der Waals surface area (Å²) in [6, 6.07) is 0. The van der Waals surface area contributed by atoms with Crippen LogP contribution in [-0.2, 0) is 0 Å². The van der Waals surface area contributed by atoms with Crippen LogP contribution in [0.4, 0.5) is 0 Å².